The number of methoxy groups -OCH3 is 1. The van der Waals surface area contributed by atoms with Crippen molar-refractivity contribution >= 4 is 26.7 Å². The smallest absolute Gasteiger partial charge is 0.337 e. The molecule has 0 aliphatic rings. The second-order valence-corrected chi connectivity index (χ2v) is 11.5. The first kappa shape index (κ1) is 26.4. The lowest BCUT2D eigenvalue weighted by Gasteiger charge is -2.23. The monoisotopic (exact) mass is 541 g/mol. The Labute approximate surface area is 227 Å². The van der Waals surface area contributed by atoms with E-state index in [1.807, 2.05) is 43.3 Å². The van der Waals surface area contributed by atoms with Crippen molar-refractivity contribution < 1.29 is 22.3 Å². The Balaban J connectivity index is 1.58. The van der Waals surface area contributed by atoms with Crippen molar-refractivity contribution in [2.75, 3.05) is 12.9 Å². The predicted octanol–water partition coefficient (Wildman–Crippen LogP) is 6.53. The van der Waals surface area contributed by atoms with Crippen LogP contribution in [0.5, 0.6) is 0 Å². The van der Waals surface area contributed by atoms with Gasteiger partial charge in [0.2, 0.25) is 0 Å². The van der Waals surface area contributed by atoms with Gasteiger partial charge in [-0.05, 0) is 72.5 Å². The van der Waals surface area contributed by atoms with Crippen LogP contribution in [0, 0.1) is 12.7 Å². The highest BCUT2D eigenvalue weighted by atomic mass is 32.2. The minimum Gasteiger partial charge on any atom is -0.465 e. The second kappa shape index (κ2) is 10.9. The lowest BCUT2D eigenvalue weighted by molar-refractivity contribution is 0.0600. The summed E-state index contributed by atoms with van der Waals surface area (Å²) in [6, 6.07) is 30.4. The highest BCUT2D eigenvalue weighted by Crippen LogP contribution is 2.36. The molecular formula is C32H28FNO4S. The summed E-state index contributed by atoms with van der Waals surface area (Å²) in [7, 11) is -2.40. The summed E-state index contributed by atoms with van der Waals surface area (Å²) in [5, 5.41) is 0.695. The van der Waals surface area contributed by atoms with Crippen LogP contribution >= 0.6 is 0 Å². The molecule has 0 amide bonds. The van der Waals surface area contributed by atoms with E-state index in [9.17, 15) is 17.6 Å². The average molecular weight is 542 g/mol. The van der Waals surface area contributed by atoms with Gasteiger partial charge in [0.15, 0.2) is 9.84 Å². The van der Waals surface area contributed by atoms with Gasteiger partial charge in [-0.15, -0.1) is 0 Å². The number of carbonyl (C=O) groups is 1. The maximum absolute atomic E-state index is 14.5. The molecular weight excluding hydrogens is 513 g/mol. The number of nitrogens with zero attached hydrogens (tertiary/aromatic N) is 1. The number of esters is 1. The fourth-order valence-electron chi connectivity index (χ4n) is 5.16. The van der Waals surface area contributed by atoms with E-state index in [2.05, 4.69) is 28.8 Å². The molecule has 4 aromatic carbocycles. The van der Waals surface area contributed by atoms with E-state index in [-0.39, 0.29) is 34.5 Å². The number of hydrogen-bond donors (Lipinski definition) is 0. The molecule has 0 aliphatic heterocycles. The number of carbonyl (C=O) groups excluding carboxylic acids is 1. The molecule has 0 fully saturated rings. The van der Waals surface area contributed by atoms with Gasteiger partial charge in [-0.2, -0.15) is 0 Å². The van der Waals surface area contributed by atoms with E-state index < -0.39 is 15.8 Å². The minimum absolute atomic E-state index is 0.120. The molecule has 0 spiro atoms. The second-order valence-electron chi connectivity index (χ2n) is 9.40. The van der Waals surface area contributed by atoms with E-state index in [0.717, 1.165) is 27.9 Å². The fourth-order valence-corrected chi connectivity index (χ4v) is 6.42. The van der Waals surface area contributed by atoms with E-state index in [4.69, 9.17) is 4.74 Å². The lowest BCUT2D eigenvalue weighted by Crippen LogP contribution is -2.14. The van der Waals surface area contributed by atoms with Gasteiger partial charge in [0.05, 0.1) is 29.4 Å². The van der Waals surface area contributed by atoms with Crippen LogP contribution in [0.1, 0.15) is 38.8 Å². The number of sulfone groups is 1. The average Bonchev–Trinajstić information content (AvgIpc) is 3.23. The quantitative estimate of drug-likeness (QED) is 0.210. The molecule has 7 heteroatoms. The van der Waals surface area contributed by atoms with Crippen molar-refractivity contribution in [3.05, 3.63) is 137 Å². The van der Waals surface area contributed by atoms with E-state index >= 15 is 0 Å². The molecule has 0 atom stereocenters. The molecule has 0 aliphatic carbocycles. The highest BCUT2D eigenvalue weighted by Gasteiger charge is 2.25. The highest BCUT2D eigenvalue weighted by molar-refractivity contribution is 7.91. The summed E-state index contributed by atoms with van der Waals surface area (Å²) in [4.78, 5) is 11.9. The Bertz CT molecular complexity index is 1690. The molecule has 5 nitrogen and oxygen atoms in total. The van der Waals surface area contributed by atoms with Crippen molar-refractivity contribution in [3.8, 4) is 0 Å². The van der Waals surface area contributed by atoms with Crippen molar-refractivity contribution in [2.45, 2.75) is 24.3 Å². The van der Waals surface area contributed by atoms with E-state index in [0.29, 0.717) is 5.39 Å². The van der Waals surface area contributed by atoms with Crippen LogP contribution in [0.15, 0.2) is 108 Å². The first-order chi connectivity index (χ1) is 18.8. The Morgan fingerprint density at radius 2 is 1.46 bits per heavy atom. The molecule has 5 aromatic rings. The third kappa shape index (κ3) is 5.22. The Morgan fingerprint density at radius 3 is 2.03 bits per heavy atom. The van der Waals surface area contributed by atoms with Gasteiger partial charge in [0, 0.05) is 16.6 Å². The molecule has 198 valence electrons. The molecule has 5 rings (SSSR count). The van der Waals surface area contributed by atoms with Crippen LogP contribution in [0.2, 0.25) is 0 Å². The SMILES string of the molecule is COC(=O)c1ccc(S(=O)(=O)CCc2c(C)n(C(c3ccccc3)c3ccccc3)c3ccc(F)cc23)cc1. The van der Waals surface area contributed by atoms with Crippen LogP contribution in [0.25, 0.3) is 10.9 Å². The van der Waals surface area contributed by atoms with Gasteiger partial charge in [0.25, 0.3) is 0 Å². The fraction of sp³-hybridized carbons (Fsp3) is 0.156. The van der Waals surface area contributed by atoms with Crippen molar-refractivity contribution in [2.24, 2.45) is 0 Å². The standard InChI is InChI=1S/C32H28FNO4S/c1-22-28(19-20-39(36,37)27-16-13-25(14-17-27)32(35)38-2)29-21-26(33)15-18-30(29)34(22)31(23-9-5-3-6-10-23)24-11-7-4-8-12-24/h3-18,21,31H,19-20H2,1-2H3. The maximum Gasteiger partial charge on any atom is 0.337 e. The van der Waals surface area contributed by atoms with Crippen molar-refractivity contribution in [3.63, 3.8) is 0 Å². The number of rotatable bonds is 8. The number of aromatic nitrogens is 1. The minimum atomic E-state index is -3.67. The lowest BCUT2D eigenvalue weighted by atomic mass is 9.98. The van der Waals surface area contributed by atoms with Crippen LogP contribution < -0.4 is 0 Å². The molecule has 0 saturated carbocycles. The van der Waals surface area contributed by atoms with Crippen LogP contribution in [0.3, 0.4) is 0 Å². The van der Waals surface area contributed by atoms with Crippen LogP contribution in [-0.2, 0) is 21.0 Å². The number of halogens is 1. The van der Waals surface area contributed by atoms with Gasteiger partial charge >= 0.3 is 5.97 Å². The first-order valence-corrected chi connectivity index (χ1v) is 14.3. The Hall–Kier alpha value is -4.23. The Morgan fingerprint density at radius 1 is 0.872 bits per heavy atom. The number of hydrogen-bond acceptors (Lipinski definition) is 4. The molecule has 1 heterocycles. The largest absolute Gasteiger partial charge is 0.465 e. The topological polar surface area (TPSA) is 65.4 Å². The normalized spacial score (nSPS) is 11.7. The molecule has 39 heavy (non-hydrogen) atoms. The zero-order valence-corrected chi connectivity index (χ0v) is 22.5. The summed E-state index contributed by atoms with van der Waals surface area (Å²) in [5.41, 5.74) is 4.91. The third-order valence-electron chi connectivity index (χ3n) is 7.09. The van der Waals surface area contributed by atoms with Gasteiger partial charge in [-0.1, -0.05) is 60.7 Å². The number of aryl methyl sites for hydroxylation is 1. The summed E-state index contributed by atoms with van der Waals surface area (Å²) in [6.45, 7) is 1.96. The zero-order valence-electron chi connectivity index (χ0n) is 21.7. The number of fused-ring (bicyclic) bond motifs is 1. The summed E-state index contributed by atoms with van der Waals surface area (Å²) in [6.07, 6.45) is 0.205. The zero-order chi connectivity index (χ0) is 27.6. The molecule has 0 N–H and O–H groups in total. The molecule has 0 bridgehead atoms. The van der Waals surface area contributed by atoms with E-state index in [1.165, 1.54) is 43.5 Å². The first-order valence-electron chi connectivity index (χ1n) is 12.6. The predicted molar refractivity (Wildman–Crippen MR) is 150 cm³/mol. The van der Waals surface area contributed by atoms with Crippen molar-refractivity contribution in [1.29, 1.82) is 0 Å². The molecule has 1 aromatic heterocycles. The van der Waals surface area contributed by atoms with Gasteiger partial charge in [-0.3, -0.25) is 0 Å². The number of ether oxygens (including phenoxy) is 1. The van der Waals surface area contributed by atoms with Crippen LogP contribution in [0.4, 0.5) is 4.39 Å². The van der Waals surface area contributed by atoms with E-state index in [1.54, 1.807) is 6.07 Å². The number of benzene rings is 4. The molecule has 0 unspecified atom stereocenters. The summed E-state index contributed by atoms with van der Waals surface area (Å²) in [5.74, 6) is -1.07. The Kier molecular flexibility index (Phi) is 7.35. The maximum atomic E-state index is 14.5. The van der Waals surface area contributed by atoms with Crippen LogP contribution in [-0.4, -0.2) is 31.8 Å². The van der Waals surface area contributed by atoms with Gasteiger partial charge in [0.1, 0.15) is 5.82 Å². The molecule has 0 saturated heterocycles. The van der Waals surface area contributed by atoms with Gasteiger partial charge < -0.3 is 9.30 Å². The summed E-state index contributed by atoms with van der Waals surface area (Å²) < 4.78 is 47.9. The van der Waals surface area contributed by atoms with Crippen molar-refractivity contribution in [1.82, 2.24) is 4.57 Å². The third-order valence-corrected chi connectivity index (χ3v) is 8.82. The van der Waals surface area contributed by atoms with Gasteiger partial charge in [-0.25, -0.2) is 17.6 Å². The molecule has 0 radical (unpaired) electrons. The summed E-state index contributed by atoms with van der Waals surface area (Å²) >= 11 is 0.